The lowest BCUT2D eigenvalue weighted by Crippen LogP contribution is -2.32. The van der Waals surface area contributed by atoms with Crippen molar-refractivity contribution in [2.45, 2.75) is 13.8 Å². The van der Waals surface area contributed by atoms with E-state index in [1.165, 1.54) is 0 Å². The van der Waals surface area contributed by atoms with Crippen molar-refractivity contribution in [1.29, 1.82) is 0 Å². The average Bonchev–Trinajstić information content (AvgIpc) is 2.23. The molecule has 4 heteroatoms. The Labute approximate surface area is 112 Å². The molecule has 2 nitrogen and oxygen atoms in total. The Bertz CT molecular complexity index is 423. The first-order valence-corrected chi connectivity index (χ1v) is 6.09. The summed E-state index contributed by atoms with van der Waals surface area (Å²) in [6, 6.07) is 4.85. The number of rotatable bonds is 4. The smallest absolute Gasteiger partial charge is 0.254 e. The molecule has 0 bridgehead atoms. The number of carbonyl (C=O) groups is 1. The highest BCUT2D eigenvalue weighted by molar-refractivity contribution is 6.35. The van der Waals surface area contributed by atoms with Gasteiger partial charge in [-0.25, -0.2) is 0 Å². The van der Waals surface area contributed by atoms with Crippen LogP contribution in [0.25, 0.3) is 0 Å². The van der Waals surface area contributed by atoms with E-state index in [-0.39, 0.29) is 5.91 Å². The van der Waals surface area contributed by atoms with Gasteiger partial charge in [0.1, 0.15) is 0 Å². The van der Waals surface area contributed by atoms with E-state index in [9.17, 15) is 4.79 Å². The first kappa shape index (κ1) is 14.1. The number of amides is 1. The van der Waals surface area contributed by atoms with Crippen molar-refractivity contribution >= 4 is 29.1 Å². The average molecular weight is 272 g/mol. The molecular formula is C13H15Cl2NO. The third kappa shape index (κ3) is 4.06. The van der Waals surface area contributed by atoms with Crippen LogP contribution in [0.2, 0.25) is 10.0 Å². The summed E-state index contributed by atoms with van der Waals surface area (Å²) >= 11 is 11.8. The van der Waals surface area contributed by atoms with Crippen LogP contribution in [0.3, 0.4) is 0 Å². The van der Waals surface area contributed by atoms with Gasteiger partial charge >= 0.3 is 0 Å². The number of carbonyl (C=O) groups excluding carboxylic acids is 1. The summed E-state index contributed by atoms with van der Waals surface area (Å²) in [5.41, 5.74) is 1.44. The molecule has 0 saturated carbocycles. The monoisotopic (exact) mass is 271 g/mol. The zero-order chi connectivity index (χ0) is 13.0. The lowest BCUT2D eigenvalue weighted by molar-refractivity contribution is 0.0778. The van der Waals surface area contributed by atoms with E-state index in [2.05, 4.69) is 6.58 Å². The predicted molar refractivity (Wildman–Crippen MR) is 72.9 cm³/mol. The third-order valence-electron chi connectivity index (χ3n) is 2.24. The summed E-state index contributed by atoms with van der Waals surface area (Å²) in [5, 5.41) is 0.930. The molecule has 0 fully saturated rings. The molecule has 1 rings (SSSR count). The topological polar surface area (TPSA) is 20.3 Å². The zero-order valence-corrected chi connectivity index (χ0v) is 11.5. The number of likely N-dealkylation sites (N-methyl/N-ethyl adjacent to an activating group) is 1. The fourth-order valence-electron chi connectivity index (χ4n) is 1.51. The summed E-state index contributed by atoms with van der Waals surface area (Å²) in [4.78, 5) is 13.9. The molecule has 1 aromatic rings. The largest absolute Gasteiger partial charge is 0.335 e. The van der Waals surface area contributed by atoms with Crippen molar-refractivity contribution < 1.29 is 4.79 Å². The third-order valence-corrected chi connectivity index (χ3v) is 2.68. The quantitative estimate of drug-likeness (QED) is 0.758. The molecule has 0 aliphatic rings. The van der Waals surface area contributed by atoms with Gasteiger partial charge in [-0.1, -0.05) is 35.4 Å². The molecule has 17 heavy (non-hydrogen) atoms. The van der Waals surface area contributed by atoms with Crippen LogP contribution >= 0.6 is 23.2 Å². The van der Waals surface area contributed by atoms with Crippen molar-refractivity contribution in [1.82, 2.24) is 4.90 Å². The van der Waals surface area contributed by atoms with E-state index in [0.29, 0.717) is 28.7 Å². The Morgan fingerprint density at radius 2 is 1.82 bits per heavy atom. The molecule has 0 N–H and O–H groups in total. The second-order valence-corrected chi connectivity index (χ2v) is 4.81. The van der Waals surface area contributed by atoms with Crippen LogP contribution in [0.1, 0.15) is 24.2 Å². The van der Waals surface area contributed by atoms with Crippen LogP contribution in [0.15, 0.2) is 30.4 Å². The molecule has 0 aliphatic heterocycles. The second-order valence-electron chi connectivity index (χ2n) is 3.93. The van der Waals surface area contributed by atoms with Crippen LogP contribution in [0.5, 0.6) is 0 Å². The molecular weight excluding hydrogens is 257 g/mol. The predicted octanol–water partition coefficient (Wildman–Crippen LogP) is 4.03. The van der Waals surface area contributed by atoms with Crippen LogP contribution in [0, 0.1) is 0 Å². The van der Waals surface area contributed by atoms with Crippen molar-refractivity contribution in [2.24, 2.45) is 0 Å². The van der Waals surface area contributed by atoms with E-state index < -0.39 is 0 Å². The van der Waals surface area contributed by atoms with Gasteiger partial charge in [-0.3, -0.25) is 4.79 Å². The van der Waals surface area contributed by atoms with Gasteiger partial charge in [0.25, 0.3) is 5.91 Å². The summed E-state index contributed by atoms with van der Waals surface area (Å²) in [5.74, 6) is -0.0834. The van der Waals surface area contributed by atoms with Crippen LogP contribution in [-0.4, -0.2) is 23.9 Å². The van der Waals surface area contributed by atoms with Crippen LogP contribution < -0.4 is 0 Å². The summed E-state index contributed by atoms with van der Waals surface area (Å²) in [6.45, 7) is 8.78. The minimum atomic E-state index is -0.0834. The normalized spacial score (nSPS) is 10.1. The Morgan fingerprint density at radius 3 is 2.24 bits per heavy atom. The molecule has 0 atom stereocenters. The fraction of sp³-hybridized carbons (Fsp3) is 0.308. The molecule has 0 spiro atoms. The Balaban J connectivity index is 2.97. The summed E-state index contributed by atoms with van der Waals surface area (Å²) in [7, 11) is 0. The lowest BCUT2D eigenvalue weighted by Gasteiger charge is -2.21. The number of benzene rings is 1. The highest BCUT2D eigenvalue weighted by Gasteiger charge is 2.15. The SMILES string of the molecule is C=C(C)CN(CC)C(=O)c1cc(Cl)cc(Cl)c1. The van der Waals surface area contributed by atoms with Crippen molar-refractivity contribution in [3.05, 3.63) is 46.0 Å². The first-order chi connectivity index (χ1) is 7.93. The van der Waals surface area contributed by atoms with E-state index in [0.717, 1.165) is 5.57 Å². The number of nitrogens with zero attached hydrogens (tertiary/aromatic N) is 1. The Morgan fingerprint density at radius 1 is 1.29 bits per heavy atom. The van der Waals surface area contributed by atoms with Gasteiger partial charge in [-0.15, -0.1) is 0 Å². The minimum absolute atomic E-state index is 0.0834. The highest BCUT2D eigenvalue weighted by Crippen LogP contribution is 2.20. The van der Waals surface area contributed by atoms with Gasteiger partial charge in [0.15, 0.2) is 0 Å². The molecule has 1 aromatic carbocycles. The summed E-state index contributed by atoms with van der Waals surface area (Å²) < 4.78 is 0. The van der Waals surface area contributed by atoms with Gasteiger partial charge < -0.3 is 4.90 Å². The molecule has 0 unspecified atom stereocenters. The number of hydrogen-bond donors (Lipinski definition) is 0. The van der Waals surface area contributed by atoms with E-state index >= 15 is 0 Å². The van der Waals surface area contributed by atoms with Crippen LogP contribution in [-0.2, 0) is 0 Å². The van der Waals surface area contributed by atoms with Crippen molar-refractivity contribution in [3.8, 4) is 0 Å². The Kier molecular flexibility index (Phi) is 5.03. The Hall–Kier alpha value is -0.990. The summed E-state index contributed by atoms with van der Waals surface area (Å²) in [6.07, 6.45) is 0. The van der Waals surface area contributed by atoms with E-state index in [1.54, 1.807) is 23.1 Å². The molecule has 0 saturated heterocycles. The lowest BCUT2D eigenvalue weighted by atomic mass is 10.2. The molecule has 1 amide bonds. The molecule has 0 radical (unpaired) electrons. The number of hydrogen-bond acceptors (Lipinski definition) is 1. The molecule has 0 aliphatic carbocycles. The maximum absolute atomic E-state index is 12.2. The molecule has 92 valence electrons. The van der Waals surface area contributed by atoms with Crippen molar-refractivity contribution in [2.75, 3.05) is 13.1 Å². The molecule has 0 aromatic heterocycles. The van der Waals surface area contributed by atoms with Gasteiger partial charge in [0, 0.05) is 28.7 Å². The maximum atomic E-state index is 12.2. The maximum Gasteiger partial charge on any atom is 0.254 e. The number of halogens is 2. The first-order valence-electron chi connectivity index (χ1n) is 5.33. The van der Waals surface area contributed by atoms with Gasteiger partial charge in [-0.05, 0) is 32.0 Å². The molecule has 0 heterocycles. The van der Waals surface area contributed by atoms with E-state index in [4.69, 9.17) is 23.2 Å². The highest BCUT2D eigenvalue weighted by atomic mass is 35.5. The minimum Gasteiger partial charge on any atom is -0.335 e. The standard InChI is InChI=1S/C13H15Cl2NO/c1-4-16(8-9(2)3)13(17)10-5-11(14)7-12(15)6-10/h5-7H,2,4,8H2,1,3H3. The van der Waals surface area contributed by atoms with Gasteiger partial charge in [0.2, 0.25) is 0 Å². The zero-order valence-electron chi connectivity index (χ0n) is 9.96. The van der Waals surface area contributed by atoms with Crippen LogP contribution in [0.4, 0.5) is 0 Å². The van der Waals surface area contributed by atoms with Gasteiger partial charge in [0.05, 0.1) is 0 Å². The fourth-order valence-corrected chi connectivity index (χ4v) is 2.04. The van der Waals surface area contributed by atoms with E-state index in [1.807, 2.05) is 13.8 Å². The van der Waals surface area contributed by atoms with Gasteiger partial charge in [-0.2, -0.15) is 0 Å². The van der Waals surface area contributed by atoms with Crippen molar-refractivity contribution in [3.63, 3.8) is 0 Å². The second kappa shape index (κ2) is 6.08.